The molecule has 1 rings (SSSR count). The molecular weight excluding hydrogens is 166 g/mol. The van der Waals surface area contributed by atoms with Crippen LogP contribution in [0.15, 0.2) is 36.4 Å². The minimum absolute atomic E-state index is 0. The van der Waals surface area contributed by atoms with Crippen LogP contribution in [0.3, 0.4) is 0 Å². The summed E-state index contributed by atoms with van der Waals surface area (Å²) in [5.74, 6) is 0. The Morgan fingerprint density at radius 3 is 0.667 bits per heavy atom. The Hall–Kier alpha value is 2.45. The number of benzene rings is 1. The van der Waals surface area contributed by atoms with E-state index < -0.39 is 0 Å². The van der Waals surface area contributed by atoms with E-state index in [9.17, 15) is 0 Å². The van der Waals surface area contributed by atoms with Gasteiger partial charge in [0.2, 0.25) is 0 Å². The van der Waals surface area contributed by atoms with Gasteiger partial charge < -0.3 is 5.48 Å². The SMILES string of the molecule is [K+].[K+].[O-2].c1ccccc1. The van der Waals surface area contributed by atoms with E-state index >= 15 is 0 Å². The van der Waals surface area contributed by atoms with Crippen LogP contribution in [0, 0.1) is 0 Å². The van der Waals surface area contributed by atoms with Crippen LogP contribution in [0.5, 0.6) is 0 Å². The van der Waals surface area contributed by atoms with Crippen molar-refractivity contribution in [2.45, 2.75) is 0 Å². The van der Waals surface area contributed by atoms with Gasteiger partial charge in [-0.1, -0.05) is 36.4 Å². The average molecular weight is 172 g/mol. The second kappa shape index (κ2) is 13.1. The maximum absolute atomic E-state index is 2.00. The molecule has 0 heterocycles. The van der Waals surface area contributed by atoms with Crippen LogP contribution in [0.1, 0.15) is 0 Å². The fourth-order valence-corrected chi connectivity index (χ4v) is 0.385. The van der Waals surface area contributed by atoms with Crippen molar-refractivity contribution in [2.75, 3.05) is 0 Å². The van der Waals surface area contributed by atoms with Crippen LogP contribution in [0.4, 0.5) is 0 Å². The first kappa shape index (κ1) is 17.5. The maximum Gasteiger partial charge on any atom is 1.00 e. The van der Waals surface area contributed by atoms with Gasteiger partial charge in [-0.2, -0.15) is 0 Å². The Morgan fingerprint density at radius 1 is 0.444 bits per heavy atom. The molecule has 0 saturated heterocycles. The van der Waals surface area contributed by atoms with E-state index in [1.165, 1.54) is 0 Å². The summed E-state index contributed by atoms with van der Waals surface area (Å²) in [7, 11) is 0. The molecule has 0 fully saturated rings. The number of hydrogen-bond donors (Lipinski definition) is 0. The van der Waals surface area contributed by atoms with Crippen LogP contribution < -0.4 is 103 Å². The van der Waals surface area contributed by atoms with Crippen molar-refractivity contribution in [3.8, 4) is 0 Å². The van der Waals surface area contributed by atoms with Crippen molar-refractivity contribution in [3.63, 3.8) is 0 Å². The van der Waals surface area contributed by atoms with Crippen LogP contribution in [0.25, 0.3) is 0 Å². The fraction of sp³-hybridized carbons (Fsp3) is 0. The molecule has 3 heteroatoms. The second-order valence-corrected chi connectivity index (χ2v) is 1.15. The van der Waals surface area contributed by atoms with Crippen molar-refractivity contribution in [3.05, 3.63) is 36.4 Å². The number of hydrogen-bond acceptors (Lipinski definition) is 0. The molecular formula is C6H6K2O. The molecule has 0 aliphatic carbocycles. The van der Waals surface area contributed by atoms with Crippen molar-refractivity contribution in [1.29, 1.82) is 0 Å². The monoisotopic (exact) mass is 172 g/mol. The van der Waals surface area contributed by atoms with Gasteiger partial charge in [-0.25, -0.2) is 0 Å². The van der Waals surface area contributed by atoms with Gasteiger partial charge in [-0.05, 0) is 0 Å². The van der Waals surface area contributed by atoms with Crippen molar-refractivity contribution >= 4 is 0 Å². The smallest absolute Gasteiger partial charge is 1.00 e. The van der Waals surface area contributed by atoms with E-state index in [1.807, 2.05) is 36.4 Å². The Bertz CT molecular complexity index is 83.0. The molecule has 0 bridgehead atoms. The van der Waals surface area contributed by atoms with Crippen molar-refractivity contribution in [1.82, 2.24) is 0 Å². The molecule has 0 aliphatic heterocycles. The van der Waals surface area contributed by atoms with Crippen LogP contribution in [-0.2, 0) is 5.48 Å². The molecule has 0 N–H and O–H groups in total. The molecule has 1 aromatic rings. The van der Waals surface area contributed by atoms with Gasteiger partial charge in [0.15, 0.2) is 0 Å². The topological polar surface area (TPSA) is 28.5 Å². The Balaban J connectivity index is -0.000000120. The molecule has 0 unspecified atom stereocenters. The van der Waals surface area contributed by atoms with E-state index in [-0.39, 0.29) is 108 Å². The zero-order chi connectivity index (χ0) is 4.24. The van der Waals surface area contributed by atoms with Crippen LogP contribution in [-0.4, -0.2) is 0 Å². The summed E-state index contributed by atoms with van der Waals surface area (Å²) in [4.78, 5) is 0. The third kappa shape index (κ3) is 10.5. The van der Waals surface area contributed by atoms with E-state index in [4.69, 9.17) is 0 Å². The molecule has 0 atom stereocenters. The first-order valence-corrected chi connectivity index (χ1v) is 2.00. The third-order valence-corrected chi connectivity index (χ3v) is 0.667. The van der Waals surface area contributed by atoms with Gasteiger partial charge in [0.05, 0.1) is 0 Å². The summed E-state index contributed by atoms with van der Waals surface area (Å²) in [6.45, 7) is 0. The molecule has 0 aromatic heterocycles. The minimum atomic E-state index is 0. The molecule has 0 radical (unpaired) electrons. The molecule has 1 nitrogen and oxygen atoms in total. The van der Waals surface area contributed by atoms with Gasteiger partial charge in [-0.15, -0.1) is 0 Å². The quantitative estimate of drug-likeness (QED) is 0.354. The average Bonchev–Trinajstić information content (AvgIpc) is 1.72. The maximum atomic E-state index is 2.00. The molecule has 38 valence electrons. The molecule has 0 saturated carbocycles. The summed E-state index contributed by atoms with van der Waals surface area (Å²) >= 11 is 0. The predicted molar refractivity (Wildman–Crippen MR) is 27.1 cm³/mol. The Kier molecular flexibility index (Phi) is 25.4. The molecule has 0 amide bonds. The van der Waals surface area contributed by atoms with Gasteiger partial charge in [0.25, 0.3) is 0 Å². The van der Waals surface area contributed by atoms with Gasteiger partial charge in [0, 0.05) is 0 Å². The van der Waals surface area contributed by atoms with E-state index in [1.54, 1.807) is 0 Å². The van der Waals surface area contributed by atoms with Gasteiger partial charge in [-0.3, -0.25) is 0 Å². The summed E-state index contributed by atoms with van der Waals surface area (Å²) in [6, 6.07) is 12.0. The zero-order valence-corrected chi connectivity index (χ0v) is 12.1. The van der Waals surface area contributed by atoms with Gasteiger partial charge >= 0.3 is 103 Å². The summed E-state index contributed by atoms with van der Waals surface area (Å²) in [5, 5.41) is 0. The normalized spacial score (nSPS) is 5.33. The summed E-state index contributed by atoms with van der Waals surface area (Å²) in [6.07, 6.45) is 0. The van der Waals surface area contributed by atoms with E-state index in [0.717, 1.165) is 0 Å². The van der Waals surface area contributed by atoms with E-state index in [0.29, 0.717) is 0 Å². The number of rotatable bonds is 0. The third-order valence-electron chi connectivity index (χ3n) is 0.667. The first-order chi connectivity index (χ1) is 3.00. The standard InChI is InChI=1S/C6H6.2K.O/c1-2-4-6-5-3-1;;;/h1-6H;;;/q;2*+1;-2. The summed E-state index contributed by atoms with van der Waals surface area (Å²) in [5.41, 5.74) is 0. The Labute approximate surface area is 141 Å². The first-order valence-electron chi connectivity index (χ1n) is 2.00. The van der Waals surface area contributed by atoms with E-state index in [2.05, 4.69) is 0 Å². The Morgan fingerprint density at radius 2 is 0.556 bits per heavy atom. The predicted octanol–water partition coefficient (Wildman–Crippen LogP) is -4.42. The largest absolute Gasteiger partial charge is 2.00 e. The van der Waals surface area contributed by atoms with Crippen molar-refractivity contribution in [2.24, 2.45) is 0 Å². The van der Waals surface area contributed by atoms with Gasteiger partial charge in [0.1, 0.15) is 0 Å². The molecule has 1 aromatic carbocycles. The second-order valence-electron chi connectivity index (χ2n) is 1.15. The van der Waals surface area contributed by atoms with Crippen LogP contribution >= 0.6 is 0 Å². The molecule has 0 spiro atoms. The molecule has 9 heavy (non-hydrogen) atoms. The van der Waals surface area contributed by atoms with Crippen molar-refractivity contribution < 1.29 is 108 Å². The van der Waals surface area contributed by atoms with Crippen LogP contribution in [0.2, 0.25) is 0 Å². The minimum Gasteiger partial charge on any atom is -2.00 e. The summed E-state index contributed by atoms with van der Waals surface area (Å²) < 4.78 is 0. The fourth-order valence-electron chi connectivity index (χ4n) is 0.385. The molecule has 0 aliphatic rings. The zero-order valence-electron chi connectivity index (χ0n) is 5.87.